The molecule has 1 aliphatic heterocycles. The summed E-state index contributed by atoms with van der Waals surface area (Å²) in [6.45, 7) is 3.37. The molecule has 22 heavy (non-hydrogen) atoms. The number of likely N-dealkylation sites (tertiary alicyclic amines) is 1. The summed E-state index contributed by atoms with van der Waals surface area (Å²) < 4.78 is 0. The van der Waals surface area contributed by atoms with Crippen molar-refractivity contribution in [1.82, 2.24) is 9.88 Å². The third kappa shape index (κ3) is 3.02. The van der Waals surface area contributed by atoms with Gasteiger partial charge in [0.1, 0.15) is 0 Å². The van der Waals surface area contributed by atoms with Crippen LogP contribution in [0.5, 0.6) is 0 Å². The summed E-state index contributed by atoms with van der Waals surface area (Å²) in [4.78, 5) is 19.1. The molecule has 0 aliphatic carbocycles. The van der Waals surface area contributed by atoms with E-state index in [-0.39, 0.29) is 11.9 Å². The van der Waals surface area contributed by atoms with Gasteiger partial charge in [-0.25, -0.2) is 0 Å². The lowest BCUT2D eigenvalue weighted by atomic mass is 10.0. The van der Waals surface area contributed by atoms with Crippen LogP contribution in [0.1, 0.15) is 28.9 Å². The molecule has 114 valence electrons. The van der Waals surface area contributed by atoms with Gasteiger partial charge in [-0.3, -0.25) is 9.78 Å². The SMILES string of the molecule is Cc1nc(-c2ccccc2)ccc1C(=O)N1CCC(N)CC1. The maximum Gasteiger partial charge on any atom is 0.255 e. The number of aryl methyl sites for hydroxylation is 1. The van der Waals surface area contributed by atoms with Gasteiger partial charge in [-0.15, -0.1) is 0 Å². The van der Waals surface area contributed by atoms with Gasteiger partial charge in [0.2, 0.25) is 0 Å². The maximum absolute atomic E-state index is 12.6. The molecule has 4 heteroatoms. The fourth-order valence-electron chi connectivity index (χ4n) is 2.83. The van der Waals surface area contributed by atoms with Crippen LogP contribution in [-0.2, 0) is 0 Å². The number of nitrogens with two attached hydrogens (primary N) is 1. The number of nitrogens with zero attached hydrogens (tertiary/aromatic N) is 2. The minimum atomic E-state index is 0.0662. The number of hydrogen-bond acceptors (Lipinski definition) is 3. The smallest absolute Gasteiger partial charge is 0.255 e. The highest BCUT2D eigenvalue weighted by Gasteiger charge is 2.23. The van der Waals surface area contributed by atoms with E-state index in [4.69, 9.17) is 5.73 Å². The molecule has 1 aromatic carbocycles. The molecule has 2 heterocycles. The first-order chi connectivity index (χ1) is 10.6. The predicted octanol–water partition coefficient (Wildman–Crippen LogP) is 2.62. The first-order valence-corrected chi connectivity index (χ1v) is 7.73. The Morgan fingerprint density at radius 1 is 1.14 bits per heavy atom. The number of aromatic nitrogens is 1. The standard InChI is InChI=1S/C18H21N3O/c1-13-16(18(22)21-11-9-15(19)10-12-21)7-8-17(20-13)14-5-3-2-4-6-14/h2-8,15H,9-12,19H2,1H3. The van der Waals surface area contributed by atoms with E-state index in [1.807, 2.05) is 54.3 Å². The number of pyridine rings is 1. The zero-order chi connectivity index (χ0) is 15.5. The Morgan fingerprint density at radius 2 is 1.82 bits per heavy atom. The van der Waals surface area contributed by atoms with Crippen molar-refractivity contribution in [1.29, 1.82) is 0 Å². The van der Waals surface area contributed by atoms with Gasteiger partial charge in [0, 0.05) is 24.7 Å². The lowest BCUT2D eigenvalue weighted by Gasteiger charge is -2.30. The highest BCUT2D eigenvalue weighted by molar-refractivity contribution is 5.95. The van der Waals surface area contributed by atoms with E-state index in [1.165, 1.54) is 0 Å². The number of benzene rings is 1. The maximum atomic E-state index is 12.6. The molecule has 0 atom stereocenters. The Labute approximate surface area is 131 Å². The number of amides is 1. The first-order valence-electron chi connectivity index (χ1n) is 7.73. The van der Waals surface area contributed by atoms with E-state index in [9.17, 15) is 4.79 Å². The lowest BCUT2D eigenvalue weighted by Crippen LogP contribution is -2.43. The molecule has 1 saturated heterocycles. The minimum absolute atomic E-state index is 0.0662. The van der Waals surface area contributed by atoms with Crippen molar-refractivity contribution in [3.8, 4) is 11.3 Å². The van der Waals surface area contributed by atoms with Crippen LogP contribution in [0.4, 0.5) is 0 Å². The Hall–Kier alpha value is -2.20. The van der Waals surface area contributed by atoms with E-state index < -0.39 is 0 Å². The largest absolute Gasteiger partial charge is 0.338 e. The molecule has 0 radical (unpaired) electrons. The molecule has 2 N–H and O–H groups in total. The first kappa shape index (κ1) is 14.7. The number of rotatable bonds is 2. The van der Waals surface area contributed by atoms with Crippen LogP contribution in [0.15, 0.2) is 42.5 Å². The quantitative estimate of drug-likeness (QED) is 0.926. The summed E-state index contributed by atoms with van der Waals surface area (Å²) in [5, 5.41) is 0. The Bertz CT molecular complexity index is 661. The molecule has 1 amide bonds. The monoisotopic (exact) mass is 295 g/mol. The molecule has 0 bridgehead atoms. The van der Waals surface area contributed by atoms with Crippen LogP contribution in [0, 0.1) is 6.92 Å². The van der Waals surface area contributed by atoms with Crippen LogP contribution in [0.25, 0.3) is 11.3 Å². The zero-order valence-corrected chi connectivity index (χ0v) is 12.8. The molecule has 2 aromatic rings. The van der Waals surface area contributed by atoms with Gasteiger partial charge in [-0.1, -0.05) is 30.3 Å². The van der Waals surface area contributed by atoms with Gasteiger partial charge in [-0.2, -0.15) is 0 Å². The van der Waals surface area contributed by atoms with Gasteiger partial charge in [-0.05, 0) is 31.9 Å². The number of carbonyl (C=O) groups excluding carboxylic acids is 1. The molecule has 0 spiro atoms. The summed E-state index contributed by atoms with van der Waals surface area (Å²) in [6, 6.07) is 14.0. The molecule has 0 unspecified atom stereocenters. The van der Waals surface area contributed by atoms with Crippen LogP contribution in [0.2, 0.25) is 0 Å². The molecule has 0 saturated carbocycles. The number of carbonyl (C=O) groups is 1. The third-order valence-electron chi connectivity index (χ3n) is 4.21. The summed E-state index contributed by atoms with van der Waals surface area (Å²) in [5.74, 6) is 0.0662. The van der Waals surface area contributed by atoms with E-state index in [0.29, 0.717) is 5.56 Å². The van der Waals surface area contributed by atoms with E-state index in [0.717, 1.165) is 42.9 Å². The fraction of sp³-hybridized carbons (Fsp3) is 0.333. The van der Waals surface area contributed by atoms with Crippen molar-refractivity contribution in [3.63, 3.8) is 0 Å². The van der Waals surface area contributed by atoms with Gasteiger partial charge >= 0.3 is 0 Å². The second-order valence-corrected chi connectivity index (χ2v) is 5.83. The van der Waals surface area contributed by atoms with Crippen LogP contribution >= 0.6 is 0 Å². The van der Waals surface area contributed by atoms with Crippen molar-refractivity contribution in [2.24, 2.45) is 5.73 Å². The Balaban J connectivity index is 1.82. The van der Waals surface area contributed by atoms with Crippen LogP contribution in [-0.4, -0.2) is 34.9 Å². The second-order valence-electron chi connectivity index (χ2n) is 5.83. The molecule has 4 nitrogen and oxygen atoms in total. The summed E-state index contributed by atoms with van der Waals surface area (Å²) in [6.07, 6.45) is 1.75. The predicted molar refractivity (Wildman–Crippen MR) is 87.5 cm³/mol. The minimum Gasteiger partial charge on any atom is -0.338 e. The van der Waals surface area contributed by atoms with Crippen molar-refractivity contribution in [3.05, 3.63) is 53.7 Å². The summed E-state index contributed by atoms with van der Waals surface area (Å²) in [7, 11) is 0. The van der Waals surface area contributed by atoms with E-state index in [2.05, 4.69) is 4.98 Å². The molecule has 3 rings (SSSR count). The second kappa shape index (κ2) is 6.28. The van der Waals surface area contributed by atoms with Gasteiger partial charge in [0.05, 0.1) is 17.0 Å². The third-order valence-corrected chi connectivity index (χ3v) is 4.21. The van der Waals surface area contributed by atoms with Gasteiger partial charge < -0.3 is 10.6 Å². The van der Waals surface area contributed by atoms with Crippen molar-refractivity contribution < 1.29 is 4.79 Å². The molecule has 1 aliphatic rings. The summed E-state index contributed by atoms with van der Waals surface area (Å²) >= 11 is 0. The normalized spacial score (nSPS) is 15.8. The highest BCUT2D eigenvalue weighted by atomic mass is 16.2. The topological polar surface area (TPSA) is 59.2 Å². The van der Waals surface area contributed by atoms with E-state index >= 15 is 0 Å². The fourth-order valence-corrected chi connectivity index (χ4v) is 2.83. The zero-order valence-electron chi connectivity index (χ0n) is 12.8. The average molecular weight is 295 g/mol. The van der Waals surface area contributed by atoms with Gasteiger partial charge in [0.25, 0.3) is 5.91 Å². The van der Waals surface area contributed by atoms with Crippen LogP contribution in [0.3, 0.4) is 0 Å². The highest BCUT2D eigenvalue weighted by Crippen LogP contribution is 2.20. The number of hydrogen-bond donors (Lipinski definition) is 1. The average Bonchev–Trinajstić information content (AvgIpc) is 2.56. The van der Waals surface area contributed by atoms with E-state index in [1.54, 1.807) is 0 Å². The molecule has 1 fully saturated rings. The van der Waals surface area contributed by atoms with Gasteiger partial charge in [0.15, 0.2) is 0 Å². The van der Waals surface area contributed by atoms with Crippen molar-refractivity contribution in [2.45, 2.75) is 25.8 Å². The Morgan fingerprint density at radius 3 is 2.45 bits per heavy atom. The lowest BCUT2D eigenvalue weighted by molar-refractivity contribution is 0.0713. The molecular weight excluding hydrogens is 274 g/mol. The summed E-state index contributed by atoms with van der Waals surface area (Å²) in [5.41, 5.74) is 9.33. The van der Waals surface area contributed by atoms with Crippen molar-refractivity contribution >= 4 is 5.91 Å². The molecular formula is C18H21N3O. The molecule has 1 aromatic heterocycles. The van der Waals surface area contributed by atoms with Crippen molar-refractivity contribution in [2.75, 3.05) is 13.1 Å². The number of piperidine rings is 1. The Kier molecular flexibility index (Phi) is 4.20. The van der Waals surface area contributed by atoms with Crippen LogP contribution < -0.4 is 5.73 Å².